The number of nitrogens with zero attached hydrogens (tertiary/aromatic N) is 2. The van der Waals surface area contributed by atoms with Crippen LogP contribution >= 0.6 is 0 Å². The van der Waals surface area contributed by atoms with Crippen LogP contribution in [0.2, 0.25) is 0 Å². The van der Waals surface area contributed by atoms with Crippen LogP contribution in [0.1, 0.15) is 21.5 Å². The lowest BCUT2D eigenvalue weighted by Gasteiger charge is -2.33. The summed E-state index contributed by atoms with van der Waals surface area (Å²) >= 11 is 0. The Bertz CT molecular complexity index is 660. The highest BCUT2D eigenvalue weighted by atomic mass is 16.5. The fraction of sp³-hybridized carbons (Fsp3) is 0.333. The van der Waals surface area contributed by atoms with E-state index in [0.717, 1.165) is 38.2 Å². The molecule has 1 aliphatic heterocycles. The first-order valence-electron chi connectivity index (χ1n) is 8.07. The fourth-order valence-electron chi connectivity index (χ4n) is 2.94. The summed E-state index contributed by atoms with van der Waals surface area (Å²) in [6.07, 6.45) is 4.68. The zero-order valence-electron chi connectivity index (χ0n) is 13.5. The molecule has 3 N–H and O–H groups in total. The highest BCUT2D eigenvalue weighted by molar-refractivity contribution is 5.93. The first-order chi connectivity index (χ1) is 11.7. The molecule has 1 amide bonds. The number of ether oxygens (including phenoxy) is 1. The van der Waals surface area contributed by atoms with Crippen molar-refractivity contribution in [3.8, 4) is 0 Å². The summed E-state index contributed by atoms with van der Waals surface area (Å²) in [5.41, 5.74) is 5.06. The number of benzene rings is 1. The molecular weight excluding hydrogens is 304 g/mol. The number of morpholine rings is 1. The molecule has 24 heavy (non-hydrogen) atoms. The van der Waals surface area contributed by atoms with Gasteiger partial charge in [0.25, 0.3) is 5.91 Å². The van der Waals surface area contributed by atoms with Gasteiger partial charge in [-0.25, -0.2) is 5.84 Å². The van der Waals surface area contributed by atoms with Crippen LogP contribution in [0.3, 0.4) is 0 Å². The molecule has 0 aliphatic carbocycles. The minimum absolute atomic E-state index is 0.157. The Labute approximate surface area is 141 Å². The molecule has 1 aromatic carbocycles. The van der Waals surface area contributed by atoms with Crippen LogP contribution in [0.5, 0.6) is 0 Å². The Balaban J connectivity index is 1.56. The lowest BCUT2D eigenvalue weighted by molar-refractivity contribution is -0.0305. The molecule has 1 saturated heterocycles. The summed E-state index contributed by atoms with van der Waals surface area (Å²) in [6.45, 7) is 3.45. The number of amides is 1. The van der Waals surface area contributed by atoms with Crippen LogP contribution in [-0.2, 0) is 17.7 Å². The Morgan fingerprint density at radius 3 is 2.83 bits per heavy atom. The number of carbonyl (C=O) groups is 1. The van der Waals surface area contributed by atoms with Crippen molar-refractivity contribution in [1.29, 1.82) is 0 Å². The second-order valence-corrected chi connectivity index (χ2v) is 5.96. The monoisotopic (exact) mass is 326 g/mol. The van der Waals surface area contributed by atoms with E-state index in [1.807, 2.05) is 24.4 Å². The predicted octanol–water partition coefficient (Wildman–Crippen LogP) is 1.13. The first kappa shape index (κ1) is 16.6. The normalized spacial score (nSPS) is 18.3. The van der Waals surface area contributed by atoms with Crippen LogP contribution in [0.15, 0.2) is 48.8 Å². The summed E-state index contributed by atoms with van der Waals surface area (Å²) < 4.78 is 5.89. The molecule has 6 nitrogen and oxygen atoms in total. The van der Waals surface area contributed by atoms with Crippen LogP contribution in [0, 0.1) is 0 Å². The predicted molar refractivity (Wildman–Crippen MR) is 91.1 cm³/mol. The minimum atomic E-state index is -0.280. The summed E-state index contributed by atoms with van der Waals surface area (Å²) in [5.74, 6) is 4.86. The summed E-state index contributed by atoms with van der Waals surface area (Å²) in [4.78, 5) is 18.0. The molecule has 2 heterocycles. The van der Waals surface area contributed by atoms with Gasteiger partial charge in [-0.1, -0.05) is 18.2 Å². The molecule has 1 fully saturated rings. The zero-order valence-corrected chi connectivity index (χ0v) is 13.5. The van der Waals surface area contributed by atoms with Gasteiger partial charge in [0.1, 0.15) is 0 Å². The largest absolute Gasteiger partial charge is 0.375 e. The second kappa shape index (κ2) is 8.01. The molecular formula is C18H22N4O2. The maximum atomic E-state index is 11.5. The van der Waals surface area contributed by atoms with E-state index < -0.39 is 0 Å². The maximum absolute atomic E-state index is 11.5. The molecule has 0 radical (unpaired) electrons. The van der Waals surface area contributed by atoms with E-state index in [1.165, 1.54) is 5.56 Å². The fourth-order valence-corrected chi connectivity index (χ4v) is 2.94. The number of pyridine rings is 1. The summed E-state index contributed by atoms with van der Waals surface area (Å²) in [6, 6.07) is 11.5. The van der Waals surface area contributed by atoms with Crippen molar-refractivity contribution in [2.24, 2.45) is 5.84 Å². The smallest absolute Gasteiger partial charge is 0.265 e. The summed E-state index contributed by atoms with van der Waals surface area (Å²) in [5, 5.41) is 0. The number of nitrogens with one attached hydrogen (secondary N) is 1. The molecule has 1 atom stereocenters. The first-order valence-corrected chi connectivity index (χ1v) is 8.07. The molecule has 126 valence electrons. The molecule has 1 aliphatic rings. The standard InChI is InChI=1S/C18H22N4O2/c19-21-18(23)16-5-3-14(4-6-16)10-17-13-22(8-9-24-17)12-15-2-1-7-20-11-15/h1-7,11,17H,8-10,12-13,19H2,(H,21,23). The highest BCUT2D eigenvalue weighted by Crippen LogP contribution is 2.15. The van der Waals surface area contributed by atoms with Crippen molar-refractivity contribution in [3.05, 3.63) is 65.5 Å². The molecule has 6 heteroatoms. The van der Waals surface area contributed by atoms with Gasteiger partial charge in [-0.3, -0.25) is 20.1 Å². The lowest BCUT2D eigenvalue weighted by atomic mass is 10.0. The molecule has 1 aromatic heterocycles. The van der Waals surface area contributed by atoms with E-state index in [2.05, 4.69) is 21.4 Å². The van der Waals surface area contributed by atoms with E-state index >= 15 is 0 Å². The molecule has 2 aromatic rings. The van der Waals surface area contributed by atoms with Crippen LogP contribution < -0.4 is 11.3 Å². The van der Waals surface area contributed by atoms with E-state index in [1.54, 1.807) is 18.3 Å². The zero-order chi connectivity index (χ0) is 16.8. The van der Waals surface area contributed by atoms with Crippen molar-refractivity contribution in [2.75, 3.05) is 19.7 Å². The SMILES string of the molecule is NNC(=O)c1ccc(CC2CN(Cc3cccnc3)CCO2)cc1. The van der Waals surface area contributed by atoms with Gasteiger partial charge in [0.05, 0.1) is 12.7 Å². The van der Waals surface area contributed by atoms with Crippen molar-refractivity contribution < 1.29 is 9.53 Å². The van der Waals surface area contributed by atoms with Crippen molar-refractivity contribution >= 4 is 5.91 Å². The van der Waals surface area contributed by atoms with Crippen molar-refractivity contribution in [2.45, 2.75) is 19.1 Å². The topological polar surface area (TPSA) is 80.5 Å². The van der Waals surface area contributed by atoms with Gasteiger partial charge >= 0.3 is 0 Å². The number of hydrazine groups is 1. The van der Waals surface area contributed by atoms with Gasteiger partial charge in [-0.05, 0) is 35.7 Å². The molecule has 0 bridgehead atoms. The summed E-state index contributed by atoms with van der Waals surface area (Å²) in [7, 11) is 0. The van der Waals surface area contributed by atoms with E-state index in [-0.39, 0.29) is 12.0 Å². The third-order valence-corrected chi connectivity index (χ3v) is 4.16. The average Bonchev–Trinajstić information content (AvgIpc) is 2.63. The quantitative estimate of drug-likeness (QED) is 0.489. The maximum Gasteiger partial charge on any atom is 0.265 e. The van der Waals surface area contributed by atoms with Gasteiger partial charge in [-0.15, -0.1) is 0 Å². The number of hydrogen-bond acceptors (Lipinski definition) is 5. The number of rotatable bonds is 5. The Morgan fingerprint density at radius 2 is 2.12 bits per heavy atom. The number of nitrogens with two attached hydrogens (primary N) is 1. The Kier molecular flexibility index (Phi) is 5.53. The third kappa shape index (κ3) is 4.38. The van der Waals surface area contributed by atoms with Gasteiger partial charge < -0.3 is 4.74 Å². The third-order valence-electron chi connectivity index (χ3n) is 4.16. The number of aromatic nitrogens is 1. The Morgan fingerprint density at radius 1 is 1.29 bits per heavy atom. The number of hydrogen-bond donors (Lipinski definition) is 2. The number of carbonyl (C=O) groups excluding carboxylic acids is 1. The molecule has 0 spiro atoms. The van der Waals surface area contributed by atoms with Crippen molar-refractivity contribution in [1.82, 2.24) is 15.3 Å². The highest BCUT2D eigenvalue weighted by Gasteiger charge is 2.21. The molecule has 1 unspecified atom stereocenters. The van der Waals surface area contributed by atoms with E-state index in [4.69, 9.17) is 10.6 Å². The minimum Gasteiger partial charge on any atom is -0.375 e. The average molecular weight is 326 g/mol. The van der Waals surface area contributed by atoms with E-state index in [0.29, 0.717) is 5.56 Å². The molecule has 3 rings (SSSR count). The second-order valence-electron chi connectivity index (χ2n) is 5.96. The van der Waals surface area contributed by atoms with Gasteiger partial charge in [0, 0.05) is 37.6 Å². The number of nitrogen functional groups attached to an aromatic ring is 1. The Hall–Kier alpha value is -2.28. The van der Waals surface area contributed by atoms with Crippen LogP contribution in [-0.4, -0.2) is 41.6 Å². The van der Waals surface area contributed by atoms with Gasteiger partial charge in [0.2, 0.25) is 0 Å². The lowest BCUT2D eigenvalue weighted by Crippen LogP contribution is -2.42. The van der Waals surface area contributed by atoms with Crippen molar-refractivity contribution in [3.63, 3.8) is 0 Å². The van der Waals surface area contributed by atoms with Gasteiger partial charge in [-0.2, -0.15) is 0 Å². The van der Waals surface area contributed by atoms with Gasteiger partial charge in [0.15, 0.2) is 0 Å². The molecule has 0 saturated carbocycles. The van der Waals surface area contributed by atoms with Crippen LogP contribution in [0.25, 0.3) is 0 Å². The van der Waals surface area contributed by atoms with Crippen LogP contribution in [0.4, 0.5) is 0 Å². The van der Waals surface area contributed by atoms with E-state index in [9.17, 15) is 4.79 Å².